The average Bonchev–Trinajstić information content (AvgIpc) is 3.00. The lowest BCUT2D eigenvalue weighted by Crippen LogP contribution is -2.15. The van der Waals surface area contributed by atoms with Crippen molar-refractivity contribution in [3.8, 4) is 0 Å². The Balaban J connectivity index is 1.72. The fraction of sp³-hybridized carbons (Fsp3) is 0.655. The highest BCUT2D eigenvalue weighted by molar-refractivity contribution is 5.87. The zero-order valence-corrected chi connectivity index (χ0v) is 24.2. The van der Waals surface area contributed by atoms with E-state index in [1.54, 1.807) is 37.5 Å². The molecule has 1 aromatic carbocycles. The molecule has 0 atom stereocenters. The standard InChI is InChI=1S/C29H46O12/c1-32-8-9-33-10-11-34-12-13-35-14-15-36-16-17-37-18-19-38-20-21-39-22-23-40-24-25-41-29(31)7-6-27-2-4-28(26-30)5-3-27/h2-7,26H,8-25H2,1H3. The molecule has 0 fully saturated rings. The van der Waals surface area contributed by atoms with Crippen LogP contribution in [-0.4, -0.2) is 138 Å². The first-order valence-electron chi connectivity index (χ1n) is 13.8. The van der Waals surface area contributed by atoms with Crippen LogP contribution in [0.3, 0.4) is 0 Å². The summed E-state index contributed by atoms with van der Waals surface area (Å²) < 4.78 is 53.1. The van der Waals surface area contributed by atoms with E-state index in [2.05, 4.69) is 0 Å². The largest absolute Gasteiger partial charge is 0.460 e. The highest BCUT2D eigenvalue weighted by atomic mass is 16.6. The summed E-state index contributed by atoms with van der Waals surface area (Å²) in [5.74, 6) is -0.461. The molecule has 0 saturated heterocycles. The molecular weight excluding hydrogens is 540 g/mol. The molecule has 234 valence electrons. The number of carbonyl (C=O) groups is 2. The van der Waals surface area contributed by atoms with Crippen LogP contribution in [0.4, 0.5) is 0 Å². The third kappa shape index (κ3) is 25.2. The molecule has 0 spiro atoms. The van der Waals surface area contributed by atoms with Gasteiger partial charge in [0.2, 0.25) is 0 Å². The van der Waals surface area contributed by atoms with Crippen LogP contribution >= 0.6 is 0 Å². The first-order valence-corrected chi connectivity index (χ1v) is 13.8. The van der Waals surface area contributed by atoms with Crippen LogP contribution in [0, 0.1) is 0 Å². The monoisotopic (exact) mass is 586 g/mol. The lowest BCUT2D eigenvalue weighted by atomic mass is 10.1. The van der Waals surface area contributed by atoms with Gasteiger partial charge in [-0.25, -0.2) is 4.79 Å². The van der Waals surface area contributed by atoms with Crippen molar-refractivity contribution in [2.75, 3.05) is 126 Å². The van der Waals surface area contributed by atoms with E-state index in [-0.39, 0.29) is 13.2 Å². The molecule has 0 N–H and O–H groups in total. The van der Waals surface area contributed by atoms with E-state index < -0.39 is 5.97 Å². The molecule has 12 nitrogen and oxygen atoms in total. The minimum absolute atomic E-state index is 0.150. The Hall–Kier alpha value is -2.26. The molecule has 0 amide bonds. The Morgan fingerprint density at radius 2 is 0.829 bits per heavy atom. The zero-order chi connectivity index (χ0) is 29.5. The number of aldehydes is 1. The van der Waals surface area contributed by atoms with Crippen molar-refractivity contribution >= 4 is 18.3 Å². The minimum atomic E-state index is -0.461. The van der Waals surface area contributed by atoms with E-state index in [9.17, 15) is 9.59 Å². The first kappa shape index (κ1) is 36.8. The molecule has 41 heavy (non-hydrogen) atoms. The smallest absolute Gasteiger partial charge is 0.330 e. The summed E-state index contributed by atoms with van der Waals surface area (Å²) in [7, 11) is 1.64. The Kier molecular flexibility index (Phi) is 26.2. The summed E-state index contributed by atoms with van der Waals surface area (Å²) in [5, 5.41) is 0. The quantitative estimate of drug-likeness (QED) is 0.0565. The normalized spacial score (nSPS) is 11.3. The molecule has 1 aromatic rings. The second kappa shape index (κ2) is 29.2. The summed E-state index contributed by atoms with van der Waals surface area (Å²) in [6, 6.07) is 6.85. The van der Waals surface area contributed by atoms with Crippen molar-refractivity contribution in [3.63, 3.8) is 0 Å². The molecule has 0 aliphatic rings. The number of carbonyl (C=O) groups excluding carboxylic acids is 2. The van der Waals surface area contributed by atoms with Crippen molar-refractivity contribution in [2.24, 2.45) is 0 Å². The Labute approximate surface area is 243 Å². The van der Waals surface area contributed by atoms with E-state index in [0.29, 0.717) is 111 Å². The van der Waals surface area contributed by atoms with Gasteiger partial charge in [0.25, 0.3) is 0 Å². The van der Waals surface area contributed by atoms with Gasteiger partial charge in [0, 0.05) is 18.7 Å². The van der Waals surface area contributed by atoms with Gasteiger partial charge in [-0.05, 0) is 11.6 Å². The molecule has 0 aromatic heterocycles. The number of hydrogen-bond acceptors (Lipinski definition) is 12. The number of esters is 1. The number of rotatable bonds is 30. The molecule has 0 radical (unpaired) electrons. The van der Waals surface area contributed by atoms with Crippen molar-refractivity contribution in [1.82, 2.24) is 0 Å². The summed E-state index contributed by atoms with van der Waals surface area (Å²) in [5.41, 5.74) is 1.38. The third-order valence-electron chi connectivity index (χ3n) is 4.99. The highest BCUT2D eigenvalue weighted by Gasteiger charge is 1.99. The molecule has 0 heterocycles. The number of ether oxygens (including phenoxy) is 10. The summed E-state index contributed by atoms with van der Waals surface area (Å²) >= 11 is 0. The van der Waals surface area contributed by atoms with Gasteiger partial charge in [0.15, 0.2) is 0 Å². The number of hydrogen-bond donors (Lipinski definition) is 0. The van der Waals surface area contributed by atoms with Crippen LogP contribution in [0.1, 0.15) is 15.9 Å². The fourth-order valence-electron chi connectivity index (χ4n) is 2.88. The highest BCUT2D eigenvalue weighted by Crippen LogP contribution is 2.04. The van der Waals surface area contributed by atoms with Crippen LogP contribution in [0.25, 0.3) is 6.08 Å². The van der Waals surface area contributed by atoms with Crippen molar-refractivity contribution in [2.45, 2.75) is 0 Å². The van der Waals surface area contributed by atoms with Crippen LogP contribution in [-0.2, 0) is 52.2 Å². The lowest BCUT2D eigenvalue weighted by molar-refractivity contribution is -0.139. The average molecular weight is 587 g/mol. The summed E-state index contributed by atoms with van der Waals surface area (Å²) in [4.78, 5) is 22.3. The van der Waals surface area contributed by atoms with Crippen molar-refractivity contribution in [3.05, 3.63) is 41.5 Å². The third-order valence-corrected chi connectivity index (χ3v) is 4.99. The molecule has 0 aliphatic carbocycles. The lowest BCUT2D eigenvalue weighted by Gasteiger charge is -2.08. The van der Waals surface area contributed by atoms with Gasteiger partial charge >= 0.3 is 5.97 Å². The van der Waals surface area contributed by atoms with Gasteiger partial charge in [-0.3, -0.25) is 4.79 Å². The summed E-state index contributed by atoms with van der Waals surface area (Å²) in [6.07, 6.45) is 3.72. The fourth-order valence-corrected chi connectivity index (χ4v) is 2.88. The van der Waals surface area contributed by atoms with Crippen LogP contribution in [0.15, 0.2) is 30.3 Å². The Morgan fingerprint density at radius 1 is 0.512 bits per heavy atom. The van der Waals surface area contributed by atoms with Gasteiger partial charge in [-0.1, -0.05) is 24.3 Å². The number of methoxy groups -OCH3 is 1. The predicted molar refractivity (Wildman–Crippen MR) is 150 cm³/mol. The van der Waals surface area contributed by atoms with E-state index in [1.165, 1.54) is 6.08 Å². The van der Waals surface area contributed by atoms with Crippen LogP contribution in [0.2, 0.25) is 0 Å². The topological polar surface area (TPSA) is 126 Å². The zero-order valence-electron chi connectivity index (χ0n) is 24.2. The van der Waals surface area contributed by atoms with Gasteiger partial charge in [0.05, 0.1) is 112 Å². The number of benzene rings is 1. The molecule has 12 heteroatoms. The molecule has 0 bridgehead atoms. The van der Waals surface area contributed by atoms with Gasteiger partial charge < -0.3 is 47.4 Å². The maximum Gasteiger partial charge on any atom is 0.330 e. The van der Waals surface area contributed by atoms with Crippen molar-refractivity contribution < 1.29 is 57.0 Å². The van der Waals surface area contributed by atoms with E-state index >= 15 is 0 Å². The molecule has 1 rings (SSSR count). The Morgan fingerprint density at radius 3 is 1.17 bits per heavy atom. The second-order valence-corrected chi connectivity index (χ2v) is 8.18. The molecule has 0 saturated carbocycles. The van der Waals surface area contributed by atoms with Gasteiger partial charge in [0.1, 0.15) is 12.9 Å². The van der Waals surface area contributed by atoms with Crippen molar-refractivity contribution in [1.29, 1.82) is 0 Å². The molecule has 0 aliphatic heterocycles. The molecule has 0 unspecified atom stereocenters. The maximum absolute atomic E-state index is 11.7. The predicted octanol–water partition coefficient (Wildman–Crippen LogP) is 1.83. The van der Waals surface area contributed by atoms with E-state index in [4.69, 9.17) is 47.4 Å². The minimum Gasteiger partial charge on any atom is -0.460 e. The van der Waals surface area contributed by atoms with E-state index in [0.717, 1.165) is 11.8 Å². The Bertz CT molecular complexity index is 757. The maximum atomic E-state index is 11.7. The molecular formula is C29H46O12. The van der Waals surface area contributed by atoms with Crippen LogP contribution in [0.5, 0.6) is 0 Å². The first-order chi connectivity index (χ1) is 20.3. The van der Waals surface area contributed by atoms with E-state index in [1.807, 2.05) is 0 Å². The van der Waals surface area contributed by atoms with Gasteiger partial charge in [-0.15, -0.1) is 0 Å². The second-order valence-electron chi connectivity index (χ2n) is 8.18. The van der Waals surface area contributed by atoms with Crippen LogP contribution < -0.4 is 0 Å². The SMILES string of the molecule is COCCOCCOCCOCCOCCOCCOCCOCCOCCOC(=O)C=Cc1ccc(C=O)cc1. The van der Waals surface area contributed by atoms with Gasteiger partial charge in [-0.2, -0.15) is 0 Å². The summed E-state index contributed by atoms with van der Waals surface area (Å²) in [6.45, 7) is 8.41.